The van der Waals surface area contributed by atoms with E-state index in [9.17, 15) is 13.6 Å². The lowest BCUT2D eigenvalue weighted by molar-refractivity contribution is -0.113. The van der Waals surface area contributed by atoms with Crippen molar-refractivity contribution in [3.05, 3.63) is 54.1 Å². The van der Waals surface area contributed by atoms with Gasteiger partial charge in [-0.25, -0.2) is 0 Å². The van der Waals surface area contributed by atoms with Crippen LogP contribution in [0.4, 0.5) is 14.5 Å². The first-order valence-electron chi connectivity index (χ1n) is 7.88. The smallest absolute Gasteiger partial charge is 0.387 e. The molecule has 1 heterocycles. The lowest BCUT2D eigenvalue weighted by atomic mass is 10.1. The zero-order valence-corrected chi connectivity index (χ0v) is 15.0. The highest BCUT2D eigenvalue weighted by atomic mass is 32.2. The number of alkyl halides is 2. The third-order valence-electron chi connectivity index (χ3n) is 3.47. The topological polar surface area (TPSA) is 77.2 Å². The number of aryl methyl sites for hydroxylation is 1. The third-order valence-corrected chi connectivity index (χ3v) is 4.29. The number of anilines is 1. The van der Waals surface area contributed by atoms with Crippen molar-refractivity contribution in [2.75, 3.05) is 11.1 Å². The number of amides is 1. The number of hydrogen-bond acceptors (Lipinski definition) is 6. The van der Waals surface area contributed by atoms with Crippen molar-refractivity contribution >= 4 is 23.4 Å². The van der Waals surface area contributed by atoms with Crippen molar-refractivity contribution in [1.82, 2.24) is 10.2 Å². The monoisotopic (exact) mass is 391 g/mol. The number of nitrogens with zero attached hydrogens (tertiary/aromatic N) is 2. The van der Waals surface area contributed by atoms with Gasteiger partial charge in [0.05, 0.1) is 5.75 Å². The minimum absolute atomic E-state index is 0.0203. The Hall–Kier alpha value is -2.94. The summed E-state index contributed by atoms with van der Waals surface area (Å²) < 4.78 is 34.0. The fraction of sp³-hybridized carbons (Fsp3) is 0.167. The summed E-state index contributed by atoms with van der Waals surface area (Å²) in [4.78, 5) is 12.0. The third kappa shape index (κ3) is 5.27. The van der Waals surface area contributed by atoms with Gasteiger partial charge in [-0.2, -0.15) is 8.78 Å². The van der Waals surface area contributed by atoms with Crippen LogP contribution in [-0.4, -0.2) is 28.5 Å². The second-order valence-corrected chi connectivity index (χ2v) is 6.35. The lowest BCUT2D eigenvalue weighted by Crippen LogP contribution is -2.14. The zero-order chi connectivity index (χ0) is 19.2. The number of nitrogens with one attached hydrogen (secondary N) is 1. The minimum atomic E-state index is -2.89. The number of carbonyl (C=O) groups excluding carboxylic acids is 1. The maximum atomic E-state index is 12.1. The molecule has 0 aliphatic carbocycles. The Morgan fingerprint density at radius 1 is 1.19 bits per heavy atom. The quantitative estimate of drug-likeness (QED) is 0.603. The van der Waals surface area contributed by atoms with Gasteiger partial charge < -0.3 is 14.5 Å². The minimum Gasteiger partial charge on any atom is -0.435 e. The van der Waals surface area contributed by atoms with Crippen LogP contribution >= 0.6 is 11.8 Å². The predicted molar refractivity (Wildman–Crippen MR) is 96.9 cm³/mol. The summed E-state index contributed by atoms with van der Waals surface area (Å²) in [7, 11) is 0. The van der Waals surface area contributed by atoms with Crippen LogP contribution < -0.4 is 10.1 Å². The van der Waals surface area contributed by atoms with Gasteiger partial charge in [0, 0.05) is 11.3 Å². The van der Waals surface area contributed by atoms with E-state index in [2.05, 4.69) is 20.3 Å². The summed E-state index contributed by atoms with van der Waals surface area (Å²) >= 11 is 1.10. The van der Waals surface area contributed by atoms with Gasteiger partial charge in [0.25, 0.3) is 5.22 Å². The maximum Gasteiger partial charge on any atom is 0.387 e. The molecule has 0 aliphatic heterocycles. The molecule has 27 heavy (non-hydrogen) atoms. The molecule has 0 bridgehead atoms. The van der Waals surface area contributed by atoms with Crippen LogP contribution in [0.1, 0.15) is 5.56 Å². The number of halogens is 2. The van der Waals surface area contributed by atoms with Crippen molar-refractivity contribution in [2.45, 2.75) is 18.8 Å². The normalized spacial score (nSPS) is 10.8. The molecule has 1 N–H and O–H groups in total. The molecule has 1 aromatic heterocycles. The Bertz CT molecular complexity index is 916. The molecule has 0 atom stereocenters. The summed E-state index contributed by atoms with van der Waals surface area (Å²) in [6, 6.07) is 13.3. The molecule has 2 aromatic carbocycles. The Balaban J connectivity index is 1.53. The molecule has 6 nitrogen and oxygen atoms in total. The summed E-state index contributed by atoms with van der Waals surface area (Å²) in [5, 5.41) is 10.9. The van der Waals surface area contributed by atoms with E-state index in [-0.39, 0.29) is 22.6 Å². The van der Waals surface area contributed by atoms with Crippen molar-refractivity contribution < 1.29 is 22.7 Å². The van der Waals surface area contributed by atoms with Crippen LogP contribution in [0.15, 0.2) is 58.2 Å². The largest absolute Gasteiger partial charge is 0.435 e. The molecule has 3 aromatic rings. The second-order valence-electron chi connectivity index (χ2n) is 5.43. The van der Waals surface area contributed by atoms with Crippen molar-refractivity contribution in [2.24, 2.45) is 0 Å². The van der Waals surface area contributed by atoms with E-state index in [4.69, 9.17) is 4.42 Å². The maximum absolute atomic E-state index is 12.1. The molecule has 0 spiro atoms. The SMILES string of the molecule is Cc1ccccc1-c1nnc(SCC(=O)Nc2ccc(OC(F)F)cc2)o1. The summed E-state index contributed by atoms with van der Waals surface area (Å²) in [5.41, 5.74) is 2.32. The van der Waals surface area contributed by atoms with Gasteiger partial charge in [0.15, 0.2) is 0 Å². The number of carbonyl (C=O) groups is 1. The van der Waals surface area contributed by atoms with E-state index in [1.165, 1.54) is 24.3 Å². The predicted octanol–water partition coefficient (Wildman–Crippen LogP) is 4.38. The highest BCUT2D eigenvalue weighted by Crippen LogP contribution is 2.25. The molecular formula is C18H15F2N3O3S. The van der Waals surface area contributed by atoms with Crippen molar-refractivity contribution in [1.29, 1.82) is 0 Å². The van der Waals surface area contributed by atoms with Crippen LogP contribution in [0, 0.1) is 6.92 Å². The number of aromatic nitrogens is 2. The number of benzene rings is 2. The van der Waals surface area contributed by atoms with Crippen molar-refractivity contribution in [3.63, 3.8) is 0 Å². The number of rotatable bonds is 7. The Morgan fingerprint density at radius 3 is 2.63 bits per heavy atom. The van der Waals surface area contributed by atoms with Gasteiger partial charge in [0.2, 0.25) is 11.8 Å². The standard InChI is InChI=1S/C18H15F2N3O3S/c1-11-4-2-3-5-14(11)16-22-23-18(26-16)27-10-15(24)21-12-6-8-13(9-7-12)25-17(19)20/h2-9,17H,10H2,1H3,(H,21,24). The Morgan fingerprint density at radius 2 is 1.93 bits per heavy atom. The number of thioether (sulfide) groups is 1. The summed E-state index contributed by atoms with van der Waals surface area (Å²) in [6.45, 7) is -0.946. The van der Waals surface area contributed by atoms with Gasteiger partial charge in [0.1, 0.15) is 5.75 Å². The molecule has 0 aliphatic rings. The molecule has 1 amide bonds. The summed E-state index contributed by atoms with van der Waals surface area (Å²) in [6.07, 6.45) is 0. The molecule has 9 heteroatoms. The average molecular weight is 391 g/mol. The van der Waals surface area contributed by atoms with E-state index in [0.29, 0.717) is 11.6 Å². The fourth-order valence-corrected chi connectivity index (χ4v) is 2.80. The first-order chi connectivity index (χ1) is 13.0. The van der Waals surface area contributed by atoms with E-state index < -0.39 is 6.61 Å². The van der Waals surface area contributed by atoms with E-state index in [1.54, 1.807) is 0 Å². The van der Waals surface area contributed by atoms with E-state index in [0.717, 1.165) is 22.9 Å². The second kappa shape index (κ2) is 8.63. The van der Waals surface area contributed by atoms with E-state index >= 15 is 0 Å². The number of hydrogen-bond donors (Lipinski definition) is 1. The molecule has 0 saturated carbocycles. The van der Waals surface area contributed by atoms with Crippen molar-refractivity contribution in [3.8, 4) is 17.2 Å². The Kier molecular flexibility index (Phi) is 6.02. The molecule has 0 radical (unpaired) electrons. The van der Waals surface area contributed by atoms with Gasteiger partial charge in [-0.15, -0.1) is 10.2 Å². The molecule has 3 rings (SSSR count). The highest BCUT2D eigenvalue weighted by Gasteiger charge is 2.13. The first-order valence-corrected chi connectivity index (χ1v) is 8.87. The molecule has 140 valence electrons. The molecule has 0 fully saturated rings. The van der Waals surface area contributed by atoms with E-state index in [1.807, 2.05) is 31.2 Å². The highest BCUT2D eigenvalue weighted by molar-refractivity contribution is 7.99. The lowest BCUT2D eigenvalue weighted by Gasteiger charge is -2.07. The molecule has 0 unspecified atom stereocenters. The van der Waals surface area contributed by atoms with Crippen LogP contribution in [0.5, 0.6) is 5.75 Å². The van der Waals surface area contributed by atoms with Gasteiger partial charge in [-0.1, -0.05) is 30.0 Å². The Labute approximate surface area is 157 Å². The van der Waals surface area contributed by atoms with Crippen LogP contribution in [0.2, 0.25) is 0 Å². The first kappa shape index (κ1) is 18.8. The van der Waals surface area contributed by atoms with Gasteiger partial charge in [-0.05, 0) is 42.8 Å². The number of ether oxygens (including phenoxy) is 1. The van der Waals surface area contributed by atoms with Gasteiger partial charge >= 0.3 is 6.61 Å². The fourth-order valence-electron chi connectivity index (χ4n) is 2.23. The zero-order valence-electron chi connectivity index (χ0n) is 14.2. The average Bonchev–Trinajstić information content (AvgIpc) is 3.10. The van der Waals surface area contributed by atoms with Crippen LogP contribution in [0.25, 0.3) is 11.5 Å². The van der Waals surface area contributed by atoms with Gasteiger partial charge in [-0.3, -0.25) is 4.79 Å². The molecular weight excluding hydrogens is 376 g/mol. The molecule has 0 saturated heterocycles. The van der Waals surface area contributed by atoms with Crippen LogP contribution in [0.3, 0.4) is 0 Å². The van der Waals surface area contributed by atoms with Crippen LogP contribution in [-0.2, 0) is 4.79 Å². The summed E-state index contributed by atoms with van der Waals surface area (Å²) in [5.74, 6) is 0.181.